The van der Waals surface area contributed by atoms with Gasteiger partial charge < -0.3 is 33.2 Å². The first-order valence-corrected chi connectivity index (χ1v) is 11.2. The summed E-state index contributed by atoms with van der Waals surface area (Å²) in [5.41, 5.74) is 0.523. The van der Waals surface area contributed by atoms with Gasteiger partial charge >= 0.3 is 23.9 Å². The van der Waals surface area contributed by atoms with Crippen LogP contribution in [0.5, 0.6) is 5.75 Å². The van der Waals surface area contributed by atoms with Crippen molar-refractivity contribution >= 4 is 30.2 Å². The monoisotopic (exact) mass is 510 g/mol. The van der Waals surface area contributed by atoms with E-state index in [1.54, 1.807) is 24.3 Å². The van der Waals surface area contributed by atoms with E-state index < -0.39 is 54.6 Å². The fraction of sp³-hybridized carbons (Fsp3) is 0.542. The summed E-state index contributed by atoms with van der Waals surface area (Å²) in [4.78, 5) is 57.5. The van der Waals surface area contributed by atoms with Gasteiger partial charge in [-0.1, -0.05) is 0 Å². The van der Waals surface area contributed by atoms with Crippen LogP contribution in [-0.4, -0.2) is 80.7 Å². The second-order valence-corrected chi connectivity index (χ2v) is 7.83. The Morgan fingerprint density at radius 1 is 0.806 bits per heavy atom. The van der Waals surface area contributed by atoms with Crippen molar-refractivity contribution in [2.45, 2.75) is 64.8 Å². The minimum Gasteiger partial charge on any atom is -0.494 e. The summed E-state index contributed by atoms with van der Waals surface area (Å²) in [6, 6.07) is 6.56. The maximum absolute atomic E-state index is 11.8. The molecule has 2 rings (SSSR count). The number of carbonyl (C=O) groups is 5. The van der Waals surface area contributed by atoms with Crippen LogP contribution in [-0.2, 0) is 47.6 Å². The molecule has 0 saturated carbocycles. The Balaban J connectivity index is 2.12. The van der Waals surface area contributed by atoms with Crippen LogP contribution in [0.15, 0.2) is 24.3 Å². The molecule has 12 heteroatoms. The van der Waals surface area contributed by atoms with Gasteiger partial charge in [0.1, 0.15) is 24.7 Å². The molecule has 0 bridgehead atoms. The van der Waals surface area contributed by atoms with Gasteiger partial charge in [0.2, 0.25) is 0 Å². The number of carbonyl (C=O) groups excluding carboxylic acids is 5. The SMILES string of the molecule is CC(=O)OC[C@H]1O[C@@H](OCCCOc2ccc(C=O)cc2)[C@H](OC(C)=O)[C@@H](OC(C)=O)[C@@H]1OC(C)=O. The largest absolute Gasteiger partial charge is 0.494 e. The summed E-state index contributed by atoms with van der Waals surface area (Å²) >= 11 is 0. The van der Waals surface area contributed by atoms with E-state index in [9.17, 15) is 24.0 Å². The van der Waals surface area contributed by atoms with Crippen molar-refractivity contribution in [2.75, 3.05) is 19.8 Å². The molecule has 0 aromatic heterocycles. The lowest BCUT2D eigenvalue weighted by molar-refractivity contribution is -0.308. The van der Waals surface area contributed by atoms with Crippen molar-refractivity contribution in [3.05, 3.63) is 29.8 Å². The summed E-state index contributed by atoms with van der Waals surface area (Å²) in [6.45, 7) is 4.63. The first kappa shape index (κ1) is 28.7. The van der Waals surface area contributed by atoms with Gasteiger partial charge in [0.15, 0.2) is 24.6 Å². The lowest BCUT2D eigenvalue weighted by atomic mass is 9.98. The van der Waals surface area contributed by atoms with E-state index in [-0.39, 0.29) is 19.8 Å². The molecule has 0 spiro atoms. The molecule has 0 unspecified atom stereocenters. The van der Waals surface area contributed by atoms with E-state index in [0.29, 0.717) is 17.7 Å². The Bertz CT molecular complexity index is 912. The van der Waals surface area contributed by atoms with E-state index in [0.717, 1.165) is 27.1 Å². The molecule has 0 amide bonds. The number of rotatable bonds is 12. The minimum absolute atomic E-state index is 0.0835. The third-order valence-electron chi connectivity index (χ3n) is 4.80. The van der Waals surface area contributed by atoms with Crippen molar-refractivity contribution in [2.24, 2.45) is 0 Å². The first-order chi connectivity index (χ1) is 17.1. The van der Waals surface area contributed by atoms with Crippen molar-refractivity contribution in [3.8, 4) is 5.75 Å². The van der Waals surface area contributed by atoms with Crippen LogP contribution in [0.4, 0.5) is 0 Å². The molecule has 5 atom stereocenters. The number of hydrogen-bond acceptors (Lipinski definition) is 12. The van der Waals surface area contributed by atoms with Crippen LogP contribution < -0.4 is 4.74 Å². The minimum atomic E-state index is -1.29. The molecule has 1 aromatic rings. The maximum Gasteiger partial charge on any atom is 0.303 e. The van der Waals surface area contributed by atoms with Gasteiger partial charge in [-0.15, -0.1) is 0 Å². The van der Waals surface area contributed by atoms with Gasteiger partial charge in [0, 0.05) is 39.7 Å². The Hall–Kier alpha value is -3.51. The standard InChI is InChI=1S/C24H30O12/c1-14(26)32-13-20-21(33-15(2)27)22(34-16(3)28)23(35-17(4)29)24(36-20)31-11-5-10-30-19-8-6-18(12-25)7-9-19/h6-9,12,20-24H,5,10-11,13H2,1-4H3/t20-,21-,22+,23-,24-/m1/s1. The van der Waals surface area contributed by atoms with Gasteiger partial charge in [-0.2, -0.15) is 0 Å². The topological polar surface area (TPSA) is 150 Å². The smallest absolute Gasteiger partial charge is 0.303 e. The Morgan fingerprint density at radius 3 is 1.94 bits per heavy atom. The number of benzene rings is 1. The highest BCUT2D eigenvalue weighted by Crippen LogP contribution is 2.30. The van der Waals surface area contributed by atoms with Crippen LogP contribution in [0.3, 0.4) is 0 Å². The van der Waals surface area contributed by atoms with Crippen LogP contribution in [0, 0.1) is 0 Å². The zero-order valence-electron chi connectivity index (χ0n) is 20.5. The predicted molar refractivity (Wildman–Crippen MR) is 120 cm³/mol. The lowest BCUT2D eigenvalue weighted by Crippen LogP contribution is -2.63. The molecule has 198 valence electrons. The number of aldehydes is 1. The van der Waals surface area contributed by atoms with E-state index in [4.69, 9.17) is 33.2 Å². The first-order valence-electron chi connectivity index (χ1n) is 11.2. The van der Waals surface area contributed by atoms with E-state index in [1.807, 2.05) is 0 Å². The summed E-state index contributed by atoms with van der Waals surface area (Å²) in [5, 5.41) is 0. The van der Waals surface area contributed by atoms with Crippen LogP contribution in [0.2, 0.25) is 0 Å². The van der Waals surface area contributed by atoms with Gasteiger partial charge in [-0.25, -0.2) is 0 Å². The molecule has 1 aliphatic heterocycles. The fourth-order valence-electron chi connectivity index (χ4n) is 3.41. The van der Waals surface area contributed by atoms with Crippen molar-refractivity contribution < 1.29 is 57.1 Å². The molecule has 0 aliphatic carbocycles. The molecule has 36 heavy (non-hydrogen) atoms. The molecule has 1 aromatic carbocycles. The highest BCUT2D eigenvalue weighted by molar-refractivity contribution is 5.74. The predicted octanol–water partition coefficient (Wildman–Crippen LogP) is 1.37. The van der Waals surface area contributed by atoms with Crippen molar-refractivity contribution in [1.29, 1.82) is 0 Å². The average molecular weight is 510 g/mol. The van der Waals surface area contributed by atoms with Gasteiger partial charge in [-0.05, 0) is 24.3 Å². The zero-order valence-corrected chi connectivity index (χ0v) is 20.5. The molecule has 1 fully saturated rings. The van der Waals surface area contributed by atoms with Gasteiger partial charge in [0.05, 0.1) is 13.2 Å². The quantitative estimate of drug-likeness (QED) is 0.173. The number of hydrogen-bond donors (Lipinski definition) is 0. The average Bonchev–Trinajstić information content (AvgIpc) is 2.80. The van der Waals surface area contributed by atoms with Crippen LogP contribution in [0.25, 0.3) is 0 Å². The molecular weight excluding hydrogens is 480 g/mol. The second kappa shape index (κ2) is 14.1. The third-order valence-corrected chi connectivity index (χ3v) is 4.80. The van der Waals surface area contributed by atoms with Crippen LogP contribution in [0.1, 0.15) is 44.5 Å². The van der Waals surface area contributed by atoms with Crippen molar-refractivity contribution in [1.82, 2.24) is 0 Å². The molecule has 1 aliphatic rings. The second-order valence-electron chi connectivity index (χ2n) is 7.83. The summed E-state index contributed by atoms with van der Waals surface area (Å²) < 4.78 is 38.2. The highest BCUT2D eigenvalue weighted by atomic mass is 16.7. The Kier molecular flexibility index (Phi) is 11.3. The van der Waals surface area contributed by atoms with Crippen LogP contribution >= 0.6 is 0 Å². The van der Waals surface area contributed by atoms with Crippen molar-refractivity contribution in [3.63, 3.8) is 0 Å². The fourth-order valence-corrected chi connectivity index (χ4v) is 3.41. The lowest BCUT2D eigenvalue weighted by Gasteiger charge is -2.44. The highest BCUT2D eigenvalue weighted by Gasteiger charge is 2.52. The zero-order chi connectivity index (χ0) is 26.7. The van der Waals surface area contributed by atoms with Gasteiger partial charge in [0.25, 0.3) is 0 Å². The van der Waals surface area contributed by atoms with E-state index in [1.165, 1.54) is 6.92 Å². The summed E-state index contributed by atoms with van der Waals surface area (Å²) in [7, 11) is 0. The molecule has 1 heterocycles. The summed E-state index contributed by atoms with van der Waals surface area (Å²) in [6.07, 6.45) is -5.01. The maximum atomic E-state index is 11.8. The molecule has 0 N–H and O–H groups in total. The van der Waals surface area contributed by atoms with E-state index >= 15 is 0 Å². The Morgan fingerprint density at radius 2 is 1.39 bits per heavy atom. The molecule has 1 saturated heterocycles. The number of ether oxygens (including phenoxy) is 7. The molecule has 0 radical (unpaired) electrons. The number of esters is 4. The third kappa shape index (κ3) is 9.27. The summed E-state index contributed by atoms with van der Waals surface area (Å²) in [5.74, 6) is -2.20. The molecule has 12 nitrogen and oxygen atoms in total. The van der Waals surface area contributed by atoms with E-state index in [2.05, 4.69) is 0 Å². The molecular formula is C24H30O12. The van der Waals surface area contributed by atoms with Gasteiger partial charge in [-0.3, -0.25) is 24.0 Å². The normalized spacial score (nSPS) is 23.2. The Labute approximate surface area is 208 Å².